The molecule has 1 fully saturated rings. The van der Waals surface area contributed by atoms with Gasteiger partial charge < -0.3 is 19.3 Å². The molecule has 0 spiro atoms. The average Bonchev–Trinajstić information content (AvgIpc) is 3.23. The number of ether oxygens (including phenoxy) is 2. The number of hydrogen-bond donors (Lipinski definition) is 0. The number of amides is 1. The first-order valence-corrected chi connectivity index (χ1v) is 10.9. The average molecular weight is 487 g/mol. The van der Waals surface area contributed by atoms with Gasteiger partial charge in [0.25, 0.3) is 11.6 Å². The van der Waals surface area contributed by atoms with Crippen molar-refractivity contribution in [2.75, 3.05) is 45.0 Å². The van der Waals surface area contributed by atoms with Crippen LogP contribution in [-0.2, 0) is 4.74 Å². The highest BCUT2D eigenvalue weighted by Crippen LogP contribution is 2.31. The van der Waals surface area contributed by atoms with Crippen LogP contribution in [0.15, 0.2) is 42.5 Å². The van der Waals surface area contributed by atoms with Gasteiger partial charge in [-0.15, -0.1) is 5.10 Å². The first-order valence-electron chi connectivity index (χ1n) is 10.5. The molecule has 0 unspecified atom stereocenters. The summed E-state index contributed by atoms with van der Waals surface area (Å²) in [6, 6.07) is 11.6. The third kappa shape index (κ3) is 4.66. The number of non-ortho nitro benzene ring substituents is 1. The van der Waals surface area contributed by atoms with Crippen molar-refractivity contribution >= 4 is 28.9 Å². The number of benzene rings is 2. The van der Waals surface area contributed by atoms with Crippen LogP contribution >= 0.6 is 11.6 Å². The van der Waals surface area contributed by atoms with Gasteiger partial charge in [-0.2, -0.15) is 0 Å². The van der Waals surface area contributed by atoms with Crippen molar-refractivity contribution < 1.29 is 19.2 Å². The summed E-state index contributed by atoms with van der Waals surface area (Å²) in [7, 11) is 1.53. The monoisotopic (exact) mass is 486 g/mol. The normalized spacial score (nSPS) is 13.7. The molecule has 0 saturated carbocycles. The third-order valence-corrected chi connectivity index (χ3v) is 5.82. The number of para-hydroxylation sites is 2. The Morgan fingerprint density at radius 3 is 2.56 bits per heavy atom. The molecule has 1 aliphatic rings. The number of methoxy groups -OCH3 is 1. The van der Waals surface area contributed by atoms with Crippen LogP contribution in [0.25, 0.3) is 5.69 Å². The van der Waals surface area contributed by atoms with Gasteiger partial charge in [0.05, 0.1) is 21.3 Å². The van der Waals surface area contributed by atoms with Gasteiger partial charge in [-0.1, -0.05) is 28.9 Å². The van der Waals surface area contributed by atoms with Gasteiger partial charge in [-0.05, 0) is 25.1 Å². The first kappa shape index (κ1) is 23.5. The molecule has 2 aromatic carbocycles. The van der Waals surface area contributed by atoms with Crippen LogP contribution in [0.5, 0.6) is 5.75 Å². The number of aromatic nitrogens is 3. The highest BCUT2D eigenvalue weighted by molar-refractivity contribution is 6.33. The van der Waals surface area contributed by atoms with Gasteiger partial charge in [0.15, 0.2) is 12.5 Å². The number of nitro groups is 1. The zero-order valence-electron chi connectivity index (χ0n) is 18.7. The summed E-state index contributed by atoms with van der Waals surface area (Å²) in [6.45, 7) is 3.73. The molecule has 0 bridgehead atoms. The van der Waals surface area contributed by atoms with Crippen molar-refractivity contribution in [1.82, 2.24) is 19.9 Å². The van der Waals surface area contributed by atoms with Gasteiger partial charge >= 0.3 is 0 Å². The summed E-state index contributed by atoms with van der Waals surface area (Å²) in [5.74, 6) is 0.319. The van der Waals surface area contributed by atoms with Gasteiger partial charge in [-0.3, -0.25) is 14.9 Å². The van der Waals surface area contributed by atoms with Crippen LogP contribution < -0.4 is 9.64 Å². The van der Waals surface area contributed by atoms with E-state index < -0.39 is 4.92 Å². The van der Waals surface area contributed by atoms with E-state index in [9.17, 15) is 14.9 Å². The molecular weight excluding hydrogens is 464 g/mol. The highest BCUT2D eigenvalue weighted by atomic mass is 35.5. The molecular formula is C22H23ClN6O5. The topological polar surface area (TPSA) is 116 Å². The van der Waals surface area contributed by atoms with Crippen molar-refractivity contribution in [2.24, 2.45) is 0 Å². The SMILES string of the molecule is COCOc1ccccc1-n1nnc(C)c1C(=O)N1CCN(c2ccc([N+](=O)[O-])cc2Cl)CC1. The second-order valence-corrected chi connectivity index (χ2v) is 8.03. The number of hydrogen-bond acceptors (Lipinski definition) is 8. The summed E-state index contributed by atoms with van der Waals surface area (Å²) in [4.78, 5) is 27.7. The van der Waals surface area contributed by atoms with Crippen LogP contribution in [0.1, 0.15) is 16.2 Å². The second-order valence-electron chi connectivity index (χ2n) is 7.63. The highest BCUT2D eigenvalue weighted by Gasteiger charge is 2.29. The van der Waals surface area contributed by atoms with Crippen molar-refractivity contribution in [3.63, 3.8) is 0 Å². The molecule has 1 amide bonds. The molecule has 0 N–H and O–H groups in total. The Morgan fingerprint density at radius 1 is 1.15 bits per heavy atom. The fourth-order valence-electron chi connectivity index (χ4n) is 3.81. The quantitative estimate of drug-likeness (QED) is 0.284. The van der Waals surface area contributed by atoms with Crippen LogP contribution in [0.4, 0.5) is 11.4 Å². The van der Waals surface area contributed by atoms with Crippen LogP contribution in [0, 0.1) is 17.0 Å². The molecule has 2 heterocycles. The zero-order valence-corrected chi connectivity index (χ0v) is 19.4. The van der Waals surface area contributed by atoms with E-state index in [0.29, 0.717) is 59.7 Å². The smallest absolute Gasteiger partial charge is 0.274 e. The zero-order chi connectivity index (χ0) is 24.2. The molecule has 11 nitrogen and oxygen atoms in total. The number of nitro benzene ring substituents is 1. The van der Waals surface area contributed by atoms with E-state index in [1.165, 1.54) is 23.9 Å². The molecule has 12 heteroatoms. The lowest BCUT2D eigenvalue weighted by Crippen LogP contribution is -2.49. The van der Waals surface area contributed by atoms with E-state index in [4.69, 9.17) is 21.1 Å². The fraction of sp³-hybridized carbons (Fsp3) is 0.318. The Balaban J connectivity index is 1.52. The number of carbonyl (C=O) groups is 1. The summed E-state index contributed by atoms with van der Waals surface area (Å²) < 4.78 is 12.1. The number of anilines is 1. The minimum atomic E-state index is -0.482. The predicted octanol–water partition coefficient (Wildman–Crippen LogP) is 3.08. The maximum atomic E-state index is 13.5. The van der Waals surface area contributed by atoms with Crippen molar-refractivity contribution in [2.45, 2.75) is 6.92 Å². The summed E-state index contributed by atoms with van der Waals surface area (Å²) in [5.41, 5.74) is 2.09. The standard InChI is InChI=1S/C22H23ClN6O5/c1-15-21(28(25-24-15)19-5-3-4-6-20(19)34-14-33-2)22(30)27-11-9-26(10-12-27)18-8-7-16(29(31)32)13-17(18)23/h3-8,13H,9-12,14H2,1-2H3. The van der Waals surface area contributed by atoms with E-state index in [1.54, 1.807) is 30.0 Å². The van der Waals surface area contributed by atoms with Gasteiger partial charge in [0.2, 0.25) is 0 Å². The minimum Gasteiger partial charge on any atom is -0.465 e. The van der Waals surface area contributed by atoms with Gasteiger partial charge in [-0.25, -0.2) is 4.68 Å². The first-order chi connectivity index (χ1) is 16.4. The maximum Gasteiger partial charge on any atom is 0.274 e. The summed E-state index contributed by atoms with van der Waals surface area (Å²) in [6.07, 6.45) is 0. The molecule has 0 radical (unpaired) electrons. The largest absolute Gasteiger partial charge is 0.465 e. The molecule has 0 atom stereocenters. The molecule has 1 saturated heterocycles. The predicted molar refractivity (Wildman–Crippen MR) is 125 cm³/mol. The Labute approximate surface area is 200 Å². The molecule has 4 rings (SSSR count). The molecule has 1 aromatic heterocycles. The molecule has 0 aliphatic carbocycles. The van der Waals surface area contributed by atoms with Crippen LogP contribution in [0.3, 0.4) is 0 Å². The fourth-order valence-corrected chi connectivity index (χ4v) is 4.11. The van der Waals surface area contributed by atoms with E-state index in [1.807, 2.05) is 17.0 Å². The summed E-state index contributed by atoms with van der Waals surface area (Å²) in [5, 5.41) is 19.6. The van der Waals surface area contributed by atoms with Crippen LogP contribution in [-0.4, -0.2) is 70.8 Å². The van der Waals surface area contributed by atoms with Crippen LogP contribution in [0.2, 0.25) is 5.02 Å². The van der Waals surface area contributed by atoms with E-state index >= 15 is 0 Å². The lowest BCUT2D eigenvalue weighted by Gasteiger charge is -2.36. The number of nitrogens with zero attached hydrogens (tertiary/aromatic N) is 6. The van der Waals surface area contributed by atoms with Crippen molar-refractivity contribution in [3.05, 3.63) is 69.0 Å². The number of rotatable bonds is 7. The third-order valence-electron chi connectivity index (χ3n) is 5.52. The Morgan fingerprint density at radius 2 is 1.88 bits per heavy atom. The molecule has 178 valence electrons. The van der Waals surface area contributed by atoms with E-state index in [2.05, 4.69) is 10.3 Å². The van der Waals surface area contributed by atoms with Gasteiger partial charge in [0, 0.05) is 45.4 Å². The number of halogens is 1. The van der Waals surface area contributed by atoms with E-state index in [-0.39, 0.29) is 18.4 Å². The maximum absolute atomic E-state index is 13.5. The molecule has 1 aliphatic heterocycles. The lowest BCUT2D eigenvalue weighted by molar-refractivity contribution is -0.384. The Hall–Kier alpha value is -3.70. The van der Waals surface area contributed by atoms with Crippen molar-refractivity contribution in [3.8, 4) is 11.4 Å². The number of piperazine rings is 1. The molecule has 34 heavy (non-hydrogen) atoms. The Bertz CT molecular complexity index is 1210. The minimum absolute atomic E-state index is 0.0567. The molecule has 3 aromatic rings. The Kier molecular flexibility index (Phi) is 6.94. The number of carbonyl (C=O) groups excluding carboxylic acids is 1. The lowest BCUT2D eigenvalue weighted by atomic mass is 10.2. The van der Waals surface area contributed by atoms with Gasteiger partial charge in [0.1, 0.15) is 11.4 Å². The second kappa shape index (κ2) is 10.1. The van der Waals surface area contributed by atoms with Crippen molar-refractivity contribution in [1.29, 1.82) is 0 Å². The summed E-state index contributed by atoms with van der Waals surface area (Å²) >= 11 is 6.28. The van der Waals surface area contributed by atoms with E-state index in [0.717, 1.165) is 0 Å². The number of aryl methyl sites for hydroxylation is 1.